The number of hydrogen-bond acceptors (Lipinski definition) is 5. The van der Waals surface area contributed by atoms with Crippen LogP contribution < -0.4 is 16.2 Å². The Morgan fingerprint density at radius 1 is 1.21 bits per heavy atom. The molecule has 2 aromatic carbocycles. The third kappa shape index (κ3) is 2.90. The number of hydrogen-bond donors (Lipinski definition) is 2. The van der Waals surface area contributed by atoms with Crippen molar-refractivity contribution >= 4 is 23.3 Å². The van der Waals surface area contributed by atoms with Crippen LogP contribution in [0.5, 0.6) is 5.75 Å². The van der Waals surface area contributed by atoms with Crippen LogP contribution in [0.1, 0.15) is 24.0 Å². The second kappa shape index (κ2) is 6.45. The minimum absolute atomic E-state index is 0.0199. The van der Waals surface area contributed by atoms with Gasteiger partial charge in [-0.15, -0.1) is 0 Å². The molecular weight excluding hydrogens is 328 g/mol. The van der Waals surface area contributed by atoms with Gasteiger partial charge in [-0.2, -0.15) is 0 Å². The number of nitrogen functional groups attached to an aromatic ring is 1. The first-order chi connectivity index (χ1) is 11.5. The van der Waals surface area contributed by atoms with Crippen LogP contribution in [-0.4, -0.2) is 12.6 Å². The molecule has 0 spiro atoms. The van der Waals surface area contributed by atoms with Gasteiger partial charge in [0.25, 0.3) is 0 Å². The van der Waals surface area contributed by atoms with E-state index in [1.165, 1.54) is 0 Å². The highest BCUT2D eigenvalue weighted by molar-refractivity contribution is 6.30. The Hall–Kier alpha value is -2.66. The van der Waals surface area contributed by atoms with E-state index in [2.05, 4.69) is 0 Å². The summed E-state index contributed by atoms with van der Waals surface area (Å²) >= 11 is 5.98. The lowest BCUT2D eigenvalue weighted by atomic mass is 9.83. The van der Waals surface area contributed by atoms with Gasteiger partial charge in [-0.25, -0.2) is 4.79 Å². The molecule has 0 fully saturated rings. The number of rotatable bonds is 3. The summed E-state index contributed by atoms with van der Waals surface area (Å²) in [5, 5.41) is 0.609. The molecule has 124 valence electrons. The molecular formula is C18H17ClN2O3. The molecule has 0 saturated carbocycles. The molecule has 0 aliphatic carbocycles. The molecule has 1 aliphatic rings. The lowest BCUT2D eigenvalue weighted by Gasteiger charge is -2.28. The summed E-state index contributed by atoms with van der Waals surface area (Å²) in [6.45, 7) is 1.99. The summed E-state index contributed by atoms with van der Waals surface area (Å²) < 4.78 is 10.8. The summed E-state index contributed by atoms with van der Waals surface area (Å²) in [5.74, 6) is -0.366. The third-order valence-corrected chi connectivity index (χ3v) is 4.07. The van der Waals surface area contributed by atoms with Gasteiger partial charge in [0.05, 0.1) is 12.5 Å². The molecule has 3 rings (SSSR count). The maximum Gasteiger partial charge on any atom is 0.340 e. The van der Waals surface area contributed by atoms with Gasteiger partial charge >= 0.3 is 5.97 Å². The maximum atomic E-state index is 12.4. The summed E-state index contributed by atoms with van der Waals surface area (Å²) in [6, 6.07) is 12.5. The average Bonchev–Trinajstić information content (AvgIpc) is 2.54. The molecule has 0 saturated heterocycles. The van der Waals surface area contributed by atoms with Gasteiger partial charge in [0.1, 0.15) is 11.3 Å². The highest BCUT2D eigenvalue weighted by Gasteiger charge is 2.35. The van der Waals surface area contributed by atoms with E-state index in [1.807, 2.05) is 18.2 Å². The topological polar surface area (TPSA) is 87.6 Å². The van der Waals surface area contributed by atoms with Crippen molar-refractivity contribution in [3.05, 3.63) is 70.1 Å². The number of halogens is 1. The van der Waals surface area contributed by atoms with E-state index in [4.69, 9.17) is 32.5 Å². The van der Waals surface area contributed by atoms with Crippen molar-refractivity contribution in [2.75, 3.05) is 12.3 Å². The predicted molar refractivity (Wildman–Crippen MR) is 92.6 cm³/mol. The van der Waals surface area contributed by atoms with E-state index < -0.39 is 11.9 Å². The SMILES string of the molecule is CCOC(=O)C1=C(N)Oc2cc(N)ccc2C1c1ccc(Cl)cc1. The highest BCUT2D eigenvalue weighted by atomic mass is 35.5. The zero-order valence-corrected chi connectivity index (χ0v) is 13.8. The largest absolute Gasteiger partial charge is 0.462 e. The van der Waals surface area contributed by atoms with Gasteiger partial charge in [0, 0.05) is 22.3 Å². The summed E-state index contributed by atoms with van der Waals surface area (Å²) in [7, 11) is 0. The van der Waals surface area contributed by atoms with Crippen LogP contribution in [0.4, 0.5) is 5.69 Å². The van der Waals surface area contributed by atoms with E-state index in [0.717, 1.165) is 11.1 Å². The molecule has 0 radical (unpaired) electrons. The van der Waals surface area contributed by atoms with Crippen LogP contribution in [0.25, 0.3) is 0 Å². The molecule has 6 heteroatoms. The number of carbonyl (C=O) groups is 1. The molecule has 1 atom stereocenters. The number of carbonyl (C=O) groups excluding carboxylic acids is 1. The van der Waals surface area contributed by atoms with Gasteiger partial charge in [-0.3, -0.25) is 0 Å². The molecule has 0 amide bonds. The molecule has 1 unspecified atom stereocenters. The van der Waals surface area contributed by atoms with E-state index in [0.29, 0.717) is 16.5 Å². The first-order valence-corrected chi connectivity index (χ1v) is 7.88. The van der Waals surface area contributed by atoms with Crippen LogP contribution in [0.15, 0.2) is 53.9 Å². The van der Waals surface area contributed by atoms with Crippen molar-refractivity contribution in [3.8, 4) is 5.75 Å². The van der Waals surface area contributed by atoms with Crippen LogP contribution in [-0.2, 0) is 9.53 Å². The molecule has 24 heavy (non-hydrogen) atoms. The Morgan fingerprint density at radius 2 is 1.92 bits per heavy atom. The number of anilines is 1. The second-order valence-electron chi connectivity index (χ2n) is 5.38. The molecule has 5 nitrogen and oxygen atoms in total. The Morgan fingerprint density at radius 3 is 2.58 bits per heavy atom. The second-order valence-corrected chi connectivity index (χ2v) is 5.82. The van der Waals surface area contributed by atoms with Crippen LogP contribution in [0.3, 0.4) is 0 Å². The maximum absolute atomic E-state index is 12.4. The monoisotopic (exact) mass is 344 g/mol. The van der Waals surface area contributed by atoms with Crippen LogP contribution in [0.2, 0.25) is 5.02 Å². The van der Waals surface area contributed by atoms with Gasteiger partial charge in [-0.05, 0) is 30.7 Å². The quantitative estimate of drug-likeness (QED) is 0.659. The summed E-state index contributed by atoms with van der Waals surface area (Å²) in [4.78, 5) is 12.4. The zero-order valence-electron chi connectivity index (χ0n) is 13.1. The Balaban J connectivity index is 2.18. The smallest absolute Gasteiger partial charge is 0.340 e. The van der Waals surface area contributed by atoms with Gasteiger partial charge in [-0.1, -0.05) is 29.8 Å². The third-order valence-electron chi connectivity index (χ3n) is 3.82. The Labute approximate surface area is 144 Å². The van der Waals surface area contributed by atoms with Gasteiger partial charge < -0.3 is 20.9 Å². The fourth-order valence-electron chi connectivity index (χ4n) is 2.78. The first kappa shape index (κ1) is 16.2. The first-order valence-electron chi connectivity index (χ1n) is 7.50. The lowest BCUT2D eigenvalue weighted by Crippen LogP contribution is -2.27. The Kier molecular flexibility index (Phi) is 4.36. The number of nitrogens with two attached hydrogens (primary N) is 2. The average molecular weight is 345 g/mol. The minimum Gasteiger partial charge on any atom is -0.462 e. The van der Waals surface area contributed by atoms with Gasteiger partial charge in [0.15, 0.2) is 0 Å². The molecule has 0 bridgehead atoms. The van der Waals surface area contributed by atoms with E-state index >= 15 is 0 Å². The normalized spacial score (nSPS) is 16.3. The van der Waals surface area contributed by atoms with Crippen molar-refractivity contribution in [3.63, 3.8) is 0 Å². The zero-order chi connectivity index (χ0) is 17.3. The van der Waals surface area contributed by atoms with Crippen LogP contribution in [0, 0.1) is 0 Å². The number of esters is 1. The van der Waals surface area contributed by atoms with E-state index in [1.54, 1.807) is 31.2 Å². The fraction of sp³-hybridized carbons (Fsp3) is 0.167. The van der Waals surface area contributed by atoms with Crippen molar-refractivity contribution in [2.24, 2.45) is 5.73 Å². The van der Waals surface area contributed by atoms with Crippen molar-refractivity contribution in [1.29, 1.82) is 0 Å². The number of ether oxygens (including phenoxy) is 2. The molecule has 1 heterocycles. The molecule has 1 aliphatic heterocycles. The van der Waals surface area contributed by atoms with E-state index in [9.17, 15) is 4.79 Å². The van der Waals surface area contributed by atoms with Crippen molar-refractivity contribution in [1.82, 2.24) is 0 Å². The van der Waals surface area contributed by atoms with Crippen molar-refractivity contribution < 1.29 is 14.3 Å². The minimum atomic E-state index is -0.502. The predicted octanol–water partition coefficient (Wildman–Crippen LogP) is 3.18. The standard InChI is InChI=1S/C18H17ClN2O3/c1-2-23-18(22)16-15(10-3-5-11(19)6-4-10)13-8-7-12(20)9-14(13)24-17(16)21/h3-9,15H,2,20-21H2,1H3. The molecule has 0 aromatic heterocycles. The van der Waals surface area contributed by atoms with Crippen molar-refractivity contribution in [2.45, 2.75) is 12.8 Å². The van der Waals surface area contributed by atoms with E-state index in [-0.39, 0.29) is 18.1 Å². The fourth-order valence-corrected chi connectivity index (χ4v) is 2.90. The number of benzene rings is 2. The molecule has 2 aromatic rings. The van der Waals surface area contributed by atoms with Gasteiger partial charge in [0.2, 0.25) is 5.88 Å². The van der Waals surface area contributed by atoms with Crippen LogP contribution >= 0.6 is 11.6 Å². The lowest BCUT2D eigenvalue weighted by molar-refractivity contribution is -0.139. The summed E-state index contributed by atoms with van der Waals surface area (Å²) in [6.07, 6.45) is 0. The molecule has 4 N–H and O–H groups in total. The number of fused-ring (bicyclic) bond motifs is 1. The summed E-state index contributed by atoms with van der Waals surface area (Å²) in [5.41, 5.74) is 14.3. The highest BCUT2D eigenvalue weighted by Crippen LogP contribution is 2.43. The Bertz CT molecular complexity index is 816.